The number of anilines is 3. The summed E-state index contributed by atoms with van der Waals surface area (Å²) in [6, 6.07) is 69.9. The van der Waals surface area contributed by atoms with Crippen LogP contribution in [0.15, 0.2) is 194 Å². The monoisotopic (exact) mass is 612 g/mol. The van der Waals surface area contributed by atoms with E-state index in [-0.39, 0.29) is 0 Å². The maximum atomic E-state index is 2.38. The molecule has 0 amide bonds. The van der Waals surface area contributed by atoms with Gasteiger partial charge < -0.3 is 9.47 Å². The third-order valence-electron chi connectivity index (χ3n) is 9.37. The fourth-order valence-corrected chi connectivity index (χ4v) is 7.01. The Hall–Kier alpha value is -6.38. The second-order valence-corrected chi connectivity index (χ2v) is 12.2. The number of nitrogens with zero attached hydrogens (tertiary/aromatic N) is 2. The fraction of sp³-hybridized carbons (Fsp3) is 0. The summed E-state index contributed by atoms with van der Waals surface area (Å²) in [6.45, 7) is 0. The maximum Gasteiger partial charge on any atom is 0.0541 e. The standard InChI is InChI=1S/C46H32N2/c1-3-11-33(12-4-1)35-19-25-39(26-20-35)47(40-27-21-36(22-28-40)34-13-5-2-6-14-34)41-29-23-38-32-42(30-24-37(38)31-41)48-45-17-9-7-15-43(45)44-16-8-10-18-46(44)48/h1-32H. The molecule has 48 heavy (non-hydrogen) atoms. The van der Waals surface area contributed by atoms with Gasteiger partial charge in [0.2, 0.25) is 0 Å². The highest BCUT2D eigenvalue weighted by atomic mass is 15.1. The van der Waals surface area contributed by atoms with E-state index in [2.05, 4.69) is 204 Å². The Kier molecular flexibility index (Phi) is 6.84. The molecule has 0 bridgehead atoms. The van der Waals surface area contributed by atoms with Gasteiger partial charge in [0.15, 0.2) is 0 Å². The first-order chi connectivity index (χ1) is 23.8. The smallest absolute Gasteiger partial charge is 0.0541 e. The van der Waals surface area contributed by atoms with Crippen LogP contribution in [0.5, 0.6) is 0 Å². The summed E-state index contributed by atoms with van der Waals surface area (Å²) in [5, 5.41) is 4.95. The molecule has 8 aromatic carbocycles. The minimum atomic E-state index is 1.11. The lowest BCUT2D eigenvalue weighted by Crippen LogP contribution is -2.09. The van der Waals surface area contributed by atoms with Crippen LogP contribution >= 0.6 is 0 Å². The summed E-state index contributed by atoms with van der Waals surface area (Å²) >= 11 is 0. The molecule has 0 fully saturated rings. The van der Waals surface area contributed by atoms with Crippen LogP contribution in [-0.4, -0.2) is 4.57 Å². The topological polar surface area (TPSA) is 8.17 Å². The number of benzene rings is 8. The van der Waals surface area contributed by atoms with Crippen LogP contribution < -0.4 is 4.90 Å². The molecule has 2 nitrogen and oxygen atoms in total. The maximum absolute atomic E-state index is 2.38. The van der Waals surface area contributed by atoms with Crippen molar-refractivity contribution in [3.63, 3.8) is 0 Å². The molecule has 0 saturated heterocycles. The van der Waals surface area contributed by atoms with Gasteiger partial charge in [-0.1, -0.05) is 133 Å². The minimum Gasteiger partial charge on any atom is -0.310 e. The Labute approximate surface area is 280 Å². The molecule has 0 atom stereocenters. The highest BCUT2D eigenvalue weighted by Gasteiger charge is 2.16. The van der Waals surface area contributed by atoms with E-state index in [9.17, 15) is 0 Å². The van der Waals surface area contributed by atoms with Gasteiger partial charge in [-0.3, -0.25) is 0 Å². The van der Waals surface area contributed by atoms with Gasteiger partial charge in [-0.15, -0.1) is 0 Å². The Bertz CT molecular complexity index is 2390. The van der Waals surface area contributed by atoms with Crippen molar-refractivity contribution in [3.8, 4) is 27.9 Å². The summed E-state index contributed by atoms with van der Waals surface area (Å²) < 4.78 is 2.38. The van der Waals surface area contributed by atoms with Crippen LogP contribution in [0, 0.1) is 0 Å². The van der Waals surface area contributed by atoms with E-state index in [1.165, 1.54) is 54.8 Å². The number of para-hydroxylation sites is 2. The van der Waals surface area contributed by atoms with Crippen molar-refractivity contribution in [1.82, 2.24) is 4.57 Å². The van der Waals surface area contributed by atoms with Crippen LogP contribution in [0.4, 0.5) is 17.1 Å². The number of fused-ring (bicyclic) bond motifs is 4. The predicted octanol–water partition coefficient (Wildman–Crippen LogP) is 12.7. The highest BCUT2D eigenvalue weighted by molar-refractivity contribution is 6.09. The minimum absolute atomic E-state index is 1.11. The van der Waals surface area contributed by atoms with Gasteiger partial charge in [0, 0.05) is 33.5 Å². The molecule has 1 aromatic heterocycles. The summed E-state index contributed by atoms with van der Waals surface area (Å²) in [7, 11) is 0. The van der Waals surface area contributed by atoms with Crippen LogP contribution in [-0.2, 0) is 0 Å². The first kappa shape index (κ1) is 27.9. The zero-order valence-corrected chi connectivity index (χ0v) is 26.4. The molecule has 0 saturated carbocycles. The van der Waals surface area contributed by atoms with Crippen molar-refractivity contribution >= 4 is 49.6 Å². The molecule has 0 unspecified atom stereocenters. The van der Waals surface area contributed by atoms with E-state index >= 15 is 0 Å². The molecule has 226 valence electrons. The highest BCUT2D eigenvalue weighted by Crippen LogP contribution is 2.39. The van der Waals surface area contributed by atoms with E-state index < -0.39 is 0 Å². The quantitative estimate of drug-likeness (QED) is 0.181. The van der Waals surface area contributed by atoms with Gasteiger partial charge >= 0.3 is 0 Å². The fourth-order valence-electron chi connectivity index (χ4n) is 7.01. The number of rotatable bonds is 6. The van der Waals surface area contributed by atoms with Crippen molar-refractivity contribution in [2.45, 2.75) is 0 Å². The van der Waals surface area contributed by atoms with Crippen LogP contribution in [0.25, 0.3) is 60.5 Å². The zero-order chi connectivity index (χ0) is 31.9. The van der Waals surface area contributed by atoms with Crippen molar-refractivity contribution in [2.75, 3.05) is 4.90 Å². The molecule has 0 aliphatic rings. The second-order valence-electron chi connectivity index (χ2n) is 12.2. The number of aromatic nitrogens is 1. The first-order valence-electron chi connectivity index (χ1n) is 16.4. The van der Waals surface area contributed by atoms with E-state index in [1.807, 2.05) is 0 Å². The first-order valence-corrected chi connectivity index (χ1v) is 16.4. The van der Waals surface area contributed by atoms with E-state index in [0.717, 1.165) is 22.7 Å². The molecule has 0 radical (unpaired) electrons. The lowest BCUT2D eigenvalue weighted by atomic mass is 10.0. The predicted molar refractivity (Wildman–Crippen MR) is 204 cm³/mol. The van der Waals surface area contributed by atoms with Crippen LogP contribution in [0.1, 0.15) is 0 Å². The molecular formula is C46H32N2. The van der Waals surface area contributed by atoms with Crippen LogP contribution in [0.2, 0.25) is 0 Å². The Balaban J connectivity index is 1.14. The summed E-state index contributed by atoms with van der Waals surface area (Å²) in [4.78, 5) is 2.35. The second kappa shape index (κ2) is 11.8. The molecule has 0 aliphatic heterocycles. The molecule has 2 heteroatoms. The molecule has 1 heterocycles. The summed E-state index contributed by atoms with van der Waals surface area (Å²) in [5.74, 6) is 0. The van der Waals surface area contributed by atoms with Crippen molar-refractivity contribution < 1.29 is 0 Å². The molecule has 0 N–H and O–H groups in total. The normalized spacial score (nSPS) is 11.3. The van der Waals surface area contributed by atoms with E-state index in [4.69, 9.17) is 0 Å². The average Bonchev–Trinajstić information content (AvgIpc) is 3.50. The largest absolute Gasteiger partial charge is 0.310 e. The molecule has 0 aliphatic carbocycles. The van der Waals surface area contributed by atoms with E-state index in [1.54, 1.807) is 0 Å². The van der Waals surface area contributed by atoms with Gasteiger partial charge in [0.25, 0.3) is 0 Å². The Morgan fingerprint density at radius 3 is 1.27 bits per heavy atom. The Morgan fingerprint density at radius 2 is 0.729 bits per heavy atom. The SMILES string of the molecule is c1ccc(-c2ccc(N(c3ccc(-c4ccccc4)cc3)c3ccc4cc(-n5c6ccccc6c6ccccc65)ccc4c3)cc2)cc1. The number of hydrogen-bond donors (Lipinski definition) is 0. The van der Waals surface area contributed by atoms with Gasteiger partial charge in [0.05, 0.1) is 11.0 Å². The zero-order valence-electron chi connectivity index (χ0n) is 26.4. The number of hydrogen-bond acceptors (Lipinski definition) is 1. The van der Waals surface area contributed by atoms with Gasteiger partial charge in [-0.05, 0) is 93.7 Å². The molecule has 9 rings (SSSR count). The van der Waals surface area contributed by atoms with Crippen molar-refractivity contribution in [3.05, 3.63) is 194 Å². The lowest BCUT2D eigenvalue weighted by Gasteiger charge is -2.26. The lowest BCUT2D eigenvalue weighted by molar-refractivity contribution is 1.19. The molecular weight excluding hydrogens is 581 g/mol. The third-order valence-corrected chi connectivity index (χ3v) is 9.37. The van der Waals surface area contributed by atoms with Gasteiger partial charge in [-0.25, -0.2) is 0 Å². The Morgan fingerprint density at radius 1 is 0.312 bits per heavy atom. The van der Waals surface area contributed by atoms with Gasteiger partial charge in [-0.2, -0.15) is 0 Å². The van der Waals surface area contributed by atoms with Gasteiger partial charge in [0.1, 0.15) is 0 Å². The molecule has 0 spiro atoms. The van der Waals surface area contributed by atoms with E-state index in [0.29, 0.717) is 0 Å². The molecule has 9 aromatic rings. The summed E-state index contributed by atoms with van der Waals surface area (Å²) in [6.07, 6.45) is 0. The van der Waals surface area contributed by atoms with Crippen molar-refractivity contribution in [1.29, 1.82) is 0 Å². The summed E-state index contributed by atoms with van der Waals surface area (Å²) in [5.41, 5.74) is 11.8. The average molecular weight is 613 g/mol. The van der Waals surface area contributed by atoms with Crippen LogP contribution in [0.3, 0.4) is 0 Å². The third kappa shape index (κ3) is 4.92. The van der Waals surface area contributed by atoms with Crippen molar-refractivity contribution in [2.24, 2.45) is 0 Å².